The molecule has 13 nitrogen and oxygen atoms in total. The topological polar surface area (TPSA) is 170 Å². The summed E-state index contributed by atoms with van der Waals surface area (Å²) >= 11 is 0. The van der Waals surface area contributed by atoms with Crippen LogP contribution >= 0.6 is 0 Å². The van der Waals surface area contributed by atoms with Crippen LogP contribution < -0.4 is 21.4 Å². The number of anilines is 1. The number of nitrogens with zero attached hydrogens (tertiary/aromatic N) is 5. The number of H-pyrrole nitrogens is 1. The number of imidazole rings is 1. The normalized spacial score (nSPS) is 12.2. The third-order valence-corrected chi connectivity index (χ3v) is 5.05. The van der Waals surface area contributed by atoms with E-state index in [0.29, 0.717) is 11.3 Å². The van der Waals surface area contributed by atoms with Gasteiger partial charge in [-0.2, -0.15) is 10.1 Å². The SMILES string of the molecule is Cn1c(=O)[nH]c(=O)c2c1nc(NN=Cc1cccc([N+](=O)[O-])c1)n2CC(O)COc1ccccc1. The number of nitrogens with one attached hydrogen (secondary N) is 2. The molecule has 0 amide bonds. The fourth-order valence-corrected chi connectivity index (χ4v) is 3.35. The van der Waals surface area contributed by atoms with Crippen LogP contribution in [0.4, 0.5) is 11.6 Å². The van der Waals surface area contributed by atoms with Gasteiger partial charge in [-0.3, -0.25) is 24.5 Å². The highest BCUT2D eigenvalue weighted by atomic mass is 16.6. The Bertz CT molecular complexity index is 1510. The maximum Gasteiger partial charge on any atom is 0.329 e. The first-order valence-electron chi connectivity index (χ1n) is 10.4. The van der Waals surface area contributed by atoms with E-state index in [-0.39, 0.29) is 36.0 Å². The molecular weight excluding hydrogens is 458 g/mol. The van der Waals surface area contributed by atoms with Gasteiger partial charge in [-0.15, -0.1) is 0 Å². The van der Waals surface area contributed by atoms with Crippen LogP contribution in [0, 0.1) is 10.1 Å². The molecular formula is C22H21N7O6. The van der Waals surface area contributed by atoms with Gasteiger partial charge in [-0.25, -0.2) is 10.2 Å². The second-order valence-electron chi connectivity index (χ2n) is 7.54. The van der Waals surface area contributed by atoms with Gasteiger partial charge in [0, 0.05) is 24.7 Å². The second-order valence-corrected chi connectivity index (χ2v) is 7.54. The van der Waals surface area contributed by atoms with Crippen LogP contribution in [-0.4, -0.2) is 48.1 Å². The van der Waals surface area contributed by atoms with Crippen LogP contribution in [0.25, 0.3) is 11.2 Å². The molecule has 13 heteroatoms. The van der Waals surface area contributed by atoms with E-state index in [4.69, 9.17) is 4.74 Å². The lowest BCUT2D eigenvalue weighted by molar-refractivity contribution is -0.384. The maximum atomic E-state index is 12.6. The molecule has 180 valence electrons. The summed E-state index contributed by atoms with van der Waals surface area (Å²) in [5, 5.41) is 25.6. The van der Waals surface area contributed by atoms with E-state index < -0.39 is 22.3 Å². The van der Waals surface area contributed by atoms with Crippen molar-refractivity contribution in [2.24, 2.45) is 12.1 Å². The first-order chi connectivity index (χ1) is 16.8. The molecule has 35 heavy (non-hydrogen) atoms. The number of ether oxygens (including phenoxy) is 1. The molecule has 0 fully saturated rings. The van der Waals surface area contributed by atoms with Crippen LogP contribution in [0.3, 0.4) is 0 Å². The molecule has 2 aromatic carbocycles. The van der Waals surface area contributed by atoms with Crippen molar-refractivity contribution in [1.82, 2.24) is 19.1 Å². The zero-order valence-corrected chi connectivity index (χ0v) is 18.5. The fraction of sp³-hybridized carbons (Fsp3) is 0.182. The minimum Gasteiger partial charge on any atom is -0.491 e. The van der Waals surface area contributed by atoms with E-state index in [1.165, 1.54) is 36.0 Å². The molecule has 0 aliphatic rings. The number of para-hydroxylation sites is 1. The number of non-ortho nitro benzene ring substituents is 1. The number of aryl methyl sites for hydroxylation is 1. The van der Waals surface area contributed by atoms with E-state index in [0.717, 1.165) is 4.57 Å². The summed E-state index contributed by atoms with van der Waals surface area (Å²) in [6.07, 6.45) is 0.306. The second kappa shape index (κ2) is 10.0. The highest BCUT2D eigenvalue weighted by Gasteiger charge is 2.20. The Hall–Kier alpha value is -4.78. The quantitative estimate of drug-likeness (QED) is 0.183. The summed E-state index contributed by atoms with van der Waals surface area (Å²) in [6, 6.07) is 14.8. The van der Waals surface area contributed by atoms with Crippen LogP contribution in [0.5, 0.6) is 5.75 Å². The highest BCUT2D eigenvalue weighted by molar-refractivity contribution is 5.81. The number of nitro benzene ring substituents is 1. The molecule has 3 N–H and O–H groups in total. The molecule has 4 rings (SSSR count). The molecule has 0 radical (unpaired) electrons. The highest BCUT2D eigenvalue weighted by Crippen LogP contribution is 2.17. The lowest BCUT2D eigenvalue weighted by Crippen LogP contribution is -2.30. The first-order valence-corrected chi connectivity index (χ1v) is 10.4. The number of aromatic amines is 1. The number of aromatic nitrogens is 4. The van der Waals surface area contributed by atoms with Gasteiger partial charge in [0.25, 0.3) is 11.2 Å². The Labute approximate surface area is 197 Å². The van der Waals surface area contributed by atoms with Gasteiger partial charge < -0.3 is 14.4 Å². The molecule has 2 heterocycles. The van der Waals surface area contributed by atoms with E-state index in [1.807, 2.05) is 6.07 Å². The van der Waals surface area contributed by atoms with Crippen LogP contribution in [-0.2, 0) is 13.6 Å². The van der Waals surface area contributed by atoms with E-state index in [9.17, 15) is 24.8 Å². The Morgan fingerprint density at radius 1 is 1.26 bits per heavy atom. The van der Waals surface area contributed by atoms with E-state index in [2.05, 4.69) is 20.5 Å². The number of nitro groups is 1. The average Bonchev–Trinajstić information content (AvgIpc) is 3.20. The van der Waals surface area contributed by atoms with Crippen molar-refractivity contribution in [2.75, 3.05) is 12.0 Å². The lowest BCUT2D eigenvalue weighted by atomic mass is 10.2. The maximum absolute atomic E-state index is 12.6. The van der Waals surface area contributed by atoms with Crippen molar-refractivity contribution in [3.05, 3.63) is 91.1 Å². The van der Waals surface area contributed by atoms with Crippen molar-refractivity contribution in [3.63, 3.8) is 0 Å². The molecule has 0 aliphatic carbocycles. The molecule has 0 saturated carbocycles. The molecule has 0 bridgehead atoms. The third kappa shape index (κ3) is 5.25. The predicted octanol–water partition coefficient (Wildman–Crippen LogP) is 1.22. The molecule has 0 spiro atoms. The van der Waals surface area contributed by atoms with Crippen molar-refractivity contribution in [2.45, 2.75) is 12.6 Å². The van der Waals surface area contributed by atoms with Gasteiger partial charge in [0.1, 0.15) is 18.5 Å². The number of hydrogen-bond donors (Lipinski definition) is 3. The summed E-state index contributed by atoms with van der Waals surface area (Å²) in [7, 11) is 1.45. The average molecular weight is 479 g/mol. The molecule has 1 atom stereocenters. The minimum atomic E-state index is -1.04. The van der Waals surface area contributed by atoms with Gasteiger partial charge in [0.15, 0.2) is 11.2 Å². The van der Waals surface area contributed by atoms with Crippen LogP contribution in [0.2, 0.25) is 0 Å². The minimum absolute atomic E-state index is 0.0545. The predicted molar refractivity (Wildman–Crippen MR) is 128 cm³/mol. The van der Waals surface area contributed by atoms with Crippen LogP contribution in [0.15, 0.2) is 69.3 Å². The summed E-state index contributed by atoms with van der Waals surface area (Å²) in [5.41, 5.74) is 1.86. The summed E-state index contributed by atoms with van der Waals surface area (Å²) in [4.78, 5) is 41.6. The Morgan fingerprint density at radius 3 is 2.77 bits per heavy atom. The summed E-state index contributed by atoms with van der Waals surface area (Å²) in [5.74, 6) is 0.648. The number of benzene rings is 2. The van der Waals surface area contributed by atoms with E-state index in [1.54, 1.807) is 30.3 Å². The number of hydrogen-bond acceptors (Lipinski definition) is 9. The van der Waals surface area contributed by atoms with Gasteiger partial charge in [-0.1, -0.05) is 30.3 Å². The number of rotatable bonds is 9. The number of hydrazone groups is 1. The molecule has 0 aliphatic heterocycles. The number of aliphatic hydroxyl groups excluding tert-OH is 1. The molecule has 2 aromatic heterocycles. The van der Waals surface area contributed by atoms with Gasteiger partial charge in [0.2, 0.25) is 5.95 Å². The zero-order valence-electron chi connectivity index (χ0n) is 18.5. The first kappa shape index (κ1) is 23.4. The van der Waals surface area contributed by atoms with E-state index >= 15 is 0 Å². The molecule has 1 unspecified atom stereocenters. The summed E-state index contributed by atoms with van der Waals surface area (Å²) in [6.45, 7) is -0.164. The monoisotopic (exact) mass is 479 g/mol. The fourth-order valence-electron chi connectivity index (χ4n) is 3.35. The lowest BCUT2D eigenvalue weighted by Gasteiger charge is -2.15. The van der Waals surface area contributed by atoms with Crippen molar-refractivity contribution in [3.8, 4) is 5.75 Å². The van der Waals surface area contributed by atoms with Gasteiger partial charge >= 0.3 is 5.69 Å². The zero-order chi connectivity index (χ0) is 24.9. The molecule has 4 aromatic rings. The Morgan fingerprint density at radius 2 is 2.03 bits per heavy atom. The number of fused-ring (bicyclic) bond motifs is 1. The smallest absolute Gasteiger partial charge is 0.329 e. The van der Waals surface area contributed by atoms with Crippen molar-refractivity contribution >= 4 is 29.0 Å². The molecule has 0 saturated heterocycles. The Balaban J connectivity index is 1.62. The van der Waals surface area contributed by atoms with Gasteiger partial charge in [0.05, 0.1) is 17.7 Å². The van der Waals surface area contributed by atoms with Crippen molar-refractivity contribution in [1.29, 1.82) is 0 Å². The van der Waals surface area contributed by atoms with Crippen molar-refractivity contribution < 1.29 is 14.8 Å². The Kier molecular flexibility index (Phi) is 6.69. The standard InChI is InChI=1S/C22H21N7O6/c1-27-19-18(20(31)25-22(27)32)28(12-16(30)13-35-17-8-3-2-4-9-17)21(24-19)26-23-11-14-6-5-7-15(10-14)29(33)34/h2-11,16,30H,12-13H2,1H3,(H,24,26)(H,25,31,32). The number of aliphatic hydroxyl groups is 1. The third-order valence-electron chi connectivity index (χ3n) is 5.05. The van der Waals surface area contributed by atoms with Gasteiger partial charge in [-0.05, 0) is 12.1 Å². The van der Waals surface area contributed by atoms with Crippen LogP contribution in [0.1, 0.15) is 5.56 Å². The largest absolute Gasteiger partial charge is 0.491 e. The summed E-state index contributed by atoms with van der Waals surface area (Å²) < 4.78 is 8.13.